The second kappa shape index (κ2) is 5.74. The van der Waals surface area contributed by atoms with E-state index in [1.165, 1.54) is 11.1 Å². The van der Waals surface area contributed by atoms with E-state index in [4.69, 9.17) is 16.3 Å². The van der Waals surface area contributed by atoms with E-state index in [0.717, 1.165) is 22.1 Å². The lowest BCUT2D eigenvalue weighted by Gasteiger charge is -2.11. The molecule has 0 fully saturated rings. The molecule has 2 aromatic carbocycles. The van der Waals surface area contributed by atoms with Gasteiger partial charge in [-0.3, -0.25) is 0 Å². The molecule has 21 heavy (non-hydrogen) atoms. The highest BCUT2D eigenvalue weighted by atomic mass is 35.5. The number of rotatable bonds is 3. The largest absolute Gasteiger partial charge is 0.438 e. The van der Waals surface area contributed by atoms with Crippen LogP contribution >= 0.6 is 11.6 Å². The molecule has 3 aromatic rings. The molecule has 106 valence electrons. The van der Waals surface area contributed by atoms with Crippen molar-refractivity contribution in [2.75, 3.05) is 0 Å². The normalized spacial score (nSPS) is 10.8. The standard InChI is InChI=1S/C18H16ClNO/c1-12-7-8-15(9-13(12)2)21-18-17-6-4-3-5-16(17)14(10-19)11-20-18/h3-9,11H,10H2,1-2H3. The number of pyridine rings is 1. The topological polar surface area (TPSA) is 22.1 Å². The Labute approximate surface area is 129 Å². The zero-order chi connectivity index (χ0) is 14.8. The number of benzene rings is 2. The first-order valence-electron chi connectivity index (χ1n) is 6.86. The maximum absolute atomic E-state index is 5.98. The molecule has 0 bridgehead atoms. The van der Waals surface area contributed by atoms with Gasteiger partial charge in [0.25, 0.3) is 0 Å². The van der Waals surface area contributed by atoms with Crippen molar-refractivity contribution >= 4 is 22.4 Å². The zero-order valence-corrected chi connectivity index (χ0v) is 12.8. The smallest absolute Gasteiger partial charge is 0.227 e. The number of aromatic nitrogens is 1. The lowest BCUT2D eigenvalue weighted by Crippen LogP contribution is -1.93. The highest BCUT2D eigenvalue weighted by Gasteiger charge is 2.09. The summed E-state index contributed by atoms with van der Waals surface area (Å²) in [4.78, 5) is 4.42. The van der Waals surface area contributed by atoms with Crippen LogP contribution in [0.15, 0.2) is 48.7 Å². The van der Waals surface area contributed by atoms with Crippen molar-refractivity contribution in [2.45, 2.75) is 19.7 Å². The Hall–Kier alpha value is -2.06. The molecule has 0 unspecified atom stereocenters. The van der Waals surface area contributed by atoms with Crippen molar-refractivity contribution < 1.29 is 4.74 Å². The number of alkyl halides is 1. The molecule has 0 N–H and O–H groups in total. The van der Waals surface area contributed by atoms with Crippen molar-refractivity contribution in [3.05, 3.63) is 65.4 Å². The molecule has 0 aliphatic carbocycles. The Kier molecular flexibility index (Phi) is 3.80. The maximum atomic E-state index is 5.98. The van der Waals surface area contributed by atoms with Gasteiger partial charge >= 0.3 is 0 Å². The van der Waals surface area contributed by atoms with Crippen LogP contribution in [0.1, 0.15) is 16.7 Å². The fraction of sp³-hybridized carbons (Fsp3) is 0.167. The van der Waals surface area contributed by atoms with Crippen LogP contribution in [0.25, 0.3) is 10.8 Å². The van der Waals surface area contributed by atoms with E-state index in [2.05, 4.69) is 24.9 Å². The lowest BCUT2D eigenvalue weighted by atomic mass is 10.1. The average molecular weight is 298 g/mol. The van der Waals surface area contributed by atoms with Crippen molar-refractivity contribution in [1.82, 2.24) is 4.98 Å². The molecule has 0 radical (unpaired) electrons. The number of halogens is 1. The van der Waals surface area contributed by atoms with Crippen LogP contribution in [0.5, 0.6) is 11.6 Å². The maximum Gasteiger partial charge on any atom is 0.227 e. The van der Waals surface area contributed by atoms with E-state index in [-0.39, 0.29) is 0 Å². The SMILES string of the molecule is Cc1ccc(Oc2ncc(CCl)c3ccccc23)cc1C. The molecule has 0 aliphatic rings. The fourth-order valence-corrected chi connectivity index (χ4v) is 2.52. The third kappa shape index (κ3) is 2.72. The zero-order valence-electron chi connectivity index (χ0n) is 12.1. The summed E-state index contributed by atoms with van der Waals surface area (Å²) in [7, 11) is 0. The van der Waals surface area contributed by atoms with E-state index in [0.29, 0.717) is 11.8 Å². The third-order valence-corrected chi connectivity index (χ3v) is 3.97. The second-order valence-electron chi connectivity index (χ2n) is 5.12. The first-order valence-corrected chi connectivity index (χ1v) is 7.40. The van der Waals surface area contributed by atoms with Crippen molar-refractivity contribution in [3.63, 3.8) is 0 Å². The first kappa shape index (κ1) is 13.9. The molecule has 0 saturated carbocycles. The summed E-state index contributed by atoms with van der Waals surface area (Å²) < 4.78 is 5.97. The van der Waals surface area contributed by atoms with Gasteiger partial charge in [-0.05, 0) is 54.1 Å². The van der Waals surface area contributed by atoms with Gasteiger partial charge in [-0.1, -0.05) is 24.3 Å². The molecule has 0 spiro atoms. The number of fused-ring (bicyclic) bond motifs is 1. The molecule has 0 aliphatic heterocycles. The van der Waals surface area contributed by atoms with Crippen LogP contribution in [0.2, 0.25) is 0 Å². The Bertz CT molecular complexity index is 798. The molecular weight excluding hydrogens is 282 g/mol. The van der Waals surface area contributed by atoms with E-state index >= 15 is 0 Å². The first-order chi connectivity index (χ1) is 10.2. The number of hydrogen-bond acceptors (Lipinski definition) is 2. The van der Waals surface area contributed by atoms with Crippen LogP contribution < -0.4 is 4.74 Å². The van der Waals surface area contributed by atoms with Crippen LogP contribution in [-0.2, 0) is 5.88 Å². The highest BCUT2D eigenvalue weighted by molar-refractivity contribution is 6.18. The van der Waals surface area contributed by atoms with Crippen LogP contribution in [0.3, 0.4) is 0 Å². The van der Waals surface area contributed by atoms with Crippen molar-refractivity contribution in [1.29, 1.82) is 0 Å². The summed E-state index contributed by atoms with van der Waals surface area (Å²) in [6, 6.07) is 14.1. The van der Waals surface area contributed by atoms with E-state index < -0.39 is 0 Å². The number of aryl methyl sites for hydroxylation is 2. The Morgan fingerprint density at radius 1 is 1.00 bits per heavy atom. The van der Waals surface area contributed by atoms with E-state index in [1.54, 1.807) is 6.20 Å². The predicted molar refractivity (Wildman–Crippen MR) is 87.3 cm³/mol. The van der Waals surface area contributed by atoms with Gasteiger partial charge in [-0.25, -0.2) is 4.98 Å². The minimum absolute atomic E-state index is 0.442. The van der Waals surface area contributed by atoms with E-state index in [9.17, 15) is 0 Å². The van der Waals surface area contributed by atoms with Gasteiger partial charge in [-0.2, -0.15) is 0 Å². The fourth-order valence-electron chi connectivity index (χ4n) is 2.30. The second-order valence-corrected chi connectivity index (χ2v) is 5.38. The highest BCUT2D eigenvalue weighted by Crippen LogP contribution is 2.31. The summed E-state index contributed by atoms with van der Waals surface area (Å²) in [6.07, 6.45) is 1.78. The van der Waals surface area contributed by atoms with Crippen LogP contribution in [-0.4, -0.2) is 4.98 Å². The Balaban J connectivity index is 2.06. The van der Waals surface area contributed by atoms with Crippen molar-refractivity contribution in [2.24, 2.45) is 0 Å². The number of nitrogens with zero attached hydrogens (tertiary/aromatic N) is 1. The van der Waals surface area contributed by atoms with Gasteiger partial charge < -0.3 is 4.74 Å². The average Bonchev–Trinajstić information content (AvgIpc) is 2.51. The van der Waals surface area contributed by atoms with Crippen molar-refractivity contribution in [3.8, 4) is 11.6 Å². The van der Waals surface area contributed by atoms with Crippen LogP contribution in [0.4, 0.5) is 0 Å². The van der Waals surface area contributed by atoms with Gasteiger partial charge in [0, 0.05) is 17.5 Å². The monoisotopic (exact) mass is 297 g/mol. The molecule has 3 rings (SSSR count). The molecule has 1 heterocycles. The molecule has 3 heteroatoms. The molecule has 2 nitrogen and oxygen atoms in total. The summed E-state index contributed by atoms with van der Waals surface area (Å²) in [5, 5.41) is 2.07. The van der Waals surface area contributed by atoms with Crippen LogP contribution in [0, 0.1) is 13.8 Å². The minimum Gasteiger partial charge on any atom is -0.438 e. The van der Waals surface area contributed by atoms with Gasteiger partial charge in [0.1, 0.15) is 5.75 Å². The minimum atomic E-state index is 0.442. The molecule has 0 atom stereocenters. The van der Waals surface area contributed by atoms with Gasteiger partial charge in [0.15, 0.2) is 0 Å². The Morgan fingerprint density at radius 3 is 2.48 bits per heavy atom. The lowest BCUT2D eigenvalue weighted by molar-refractivity contribution is 0.468. The number of hydrogen-bond donors (Lipinski definition) is 0. The molecule has 0 amide bonds. The number of ether oxygens (including phenoxy) is 1. The summed E-state index contributed by atoms with van der Waals surface area (Å²) in [5.74, 6) is 1.86. The Morgan fingerprint density at radius 2 is 1.76 bits per heavy atom. The molecular formula is C18H16ClNO. The van der Waals surface area contributed by atoms with Gasteiger partial charge in [0.05, 0.1) is 0 Å². The quantitative estimate of drug-likeness (QED) is 0.605. The molecule has 0 saturated heterocycles. The summed E-state index contributed by atoms with van der Waals surface area (Å²) in [6.45, 7) is 4.16. The third-order valence-electron chi connectivity index (χ3n) is 3.68. The molecule has 1 aromatic heterocycles. The van der Waals surface area contributed by atoms with Gasteiger partial charge in [0.2, 0.25) is 5.88 Å². The predicted octanol–water partition coefficient (Wildman–Crippen LogP) is 5.38. The van der Waals surface area contributed by atoms with E-state index in [1.807, 2.05) is 36.4 Å². The summed E-state index contributed by atoms with van der Waals surface area (Å²) >= 11 is 5.98. The van der Waals surface area contributed by atoms with Gasteiger partial charge in [-0.15, -0.1) is 11.6 Å². The summed E-state index contributed by atoms with van der Waals surface area (Å²) in [5.41, 5.74) is 3.46.